The first-order valence-corrected chi connectivity index (χ1v) is 12.3. The van der Waals surface area contributed by atoms with E-state index in [1.54, 1.807) is 13.8 Å². The third-order valence-corrected chi connectivity index (χ3v) is 6.98. The fourth-order valence-corrected chi connectivity index (χ4v) is 5.11. The van der Waals surface area contributed by atoms with Gasteiger partial charge in [-0.25, -0.2) is 17.9 Å². The van der Waals surface area contributed by atoms with Gasteiger partial charge in [0, 0.05) is 26.1 Å². The lowest BCUT2D eigenvalue weighted by Gasteiger charge is -2.21. The van der Waals surface area contributed by atoms with Crippen LogP contribution in [0.25, 0.3) is 16.9 Å². The average Bonchev–Trinajstić information content (AvgIpc) is 3.10. The molecule has 0 spiro atoms. The predicted octanol–water partition coefficient (Wildman–Crippen LogP) is 0.686. The number of benzene rings is 1. The van der Waals surface area contributed by atoms with E-state index in [0.29, 0.717) is 41.4 Å². The maximum Gasteiger partial charge on any atom is 0.277 e. The Morgan fingerprint density at radius 2 is 2.03 bits per heavy atom. The fourth-order valence-electron chi connectivity index (χ4n) is 3.64. The molecule has 0 bridgehead atoms. The maximum atomic E-state index is 13.2. The molecule has 0 aliphatic rings. The summed E-state index contributed by atoms with van der Waals surface area (Å²) < 4.78 is 34.7. The van der Waals surface area contributed by atoms with Crippen LogP contribution in [0.3, 0.4) is 0 Å². The molecular formula is C21H30N6O5S. The number of hydrogen-bond acceptors (Lipinski definition) is 8. The second-order valence-corrected chi connectivity index (χ2v) is 9.37. The molecule has 0 aliphatic heterocycles. The zero-order valence-electron chi connectivity index (χ0n) is 19.0. The number of sulfonamides is 1. The third kappa shape index (κ3) is 4.93. The summed E-state index contributed by atoms with van der Waals surface area (Å²) in [6, 6.07) is 4.36. The van der Waals surface area contributed by atoms with Gasteiger partial charge in [0.2, 0.25) is 10.0 Å². The van der Waals surface area contributed by atoms with Crippen molar-refractivity contribution in [2.45, 2.75) is 38.5 Å². The highest BCUT2D eigenvalue weighted by atomic mass is 32.2. The molecule has 0 saturated heterocycles. The molecule has 0 amide bonds. The Labute approximate surface area is 192 Å². The number of aliphatic hydroxyl groups is 1. The van der Waals surface area contributed by atoms with Crippen LogP contribution >= 0.6 is 0 Å². The Hall–Kier alpha value is -2.80. The topological polar surface area (TPSA) is 156 Å². The number of fused-ring (bicyclic) bond motifs is 1. The first-order chi connectivity index (χ1) is 15.8. The van der Waals surface area contributed by atoms with E-state index >= 15 is 0 Å². The summed E-state index contributed by atoms with van der Waals surface area (Å²) in [5, 5.41) is 13.9. The minimum atomic E-state index is -3.95. The van der Waals surface area contributed by atoms with E-state index in [1.165, 1.54) is 22.7 Å². The number of nitrogens with one attached hydrogen (secondary N) is 1. The normalized spacial score (nSPS) is 12.1. The lowest BCUT2D eigenvalue weighted by atomic mass is 10.2. The Kier molecular flexibility index (Phi) is 7.84. The van der Waals surface area contributed by atoms with E-state index in [2.05, 4.69) is 15.1 Å². The summed E-state index contributed by atoms with van der Waals surface area (Å²) >= 11 is 0. The van der Waals surface area contributed by atoms with Gasteiger partial charge in [-0.1, -0.05) is 6.92 Å². The maximum absolute atomic E-state index is 13.2. The van der Waals surface area contributed by atoms with Crippen molar-refractivity contribution in [2.75, 3.05) is 32.8 Å². The predicted molar refractivity (Wildman–Crippen MR) is 124 cm³/mol. The SMILES string of the molecule is CCCc1nc(C)c2c(=O)[nH]c(-c3cc(S(=O)(=O)N(CCN)CCO)ccc3OCC)nn12. The van der Waals surface area contributed by atoms with Gasteiger partial charge in [0.15, 0.2) is 11.3 Å². The number of aromatic amines is 1. The monoisotopic (exact) mass is 478 g/mol. The number of hydrogen-bond donors (Lipinski definition) is 3. The van der Waals surface area contributed by atoms with E-state index in [1.807, 2.05) is 6.92 Å². The van der Waals surface area contributed by atoms with Crippen LogP contribution in [-0.4, -0.2) is 70.3 Å². The second-order valence-electron chi connectivity index (χ2n) is 7.43. The second kappa shape index (κ2) is 10.4. The van der Waals surface area contributed by atoms with Crippen molar-refractivity contribution in [1.29, 1.82) is 0 Å². The van der Waals surface area contributed by atoms with Gasteiger partial charge >= 0.3 is 0 Å². The Morgan fingerprint density at radius 1 is 1.27 bits per heavy atom. The quantitative estimate of drug-likeness (QED) is 0.363. The van der Waals surface area contributed by atoms with Crippen molar-refractivity contribution >= 4 is 15.5 Å². The Morgan fingerprint density at radius 3 is 2.67 bits per heavy atom. The number of aliphatic hydroxyl groups excluding tert-OH is 1. The molecule has 0 radical (unpaired) electrons. The molecule has 0 atom stereocenters. The molecule has 12 heteroatoms. The van der Waals surface area contributed by atoms with Crippen LogP contribution in [-0.2, 0) is 16.4 Å². The molecule has 0 fully saturated rings. The molecule has 11 nitrogen and oxygen atoms in total. The molecule has 0 saturated carbocycles. The molecule has 0 unspecified atom stereocenters. The largest absolute Gasteiger partial charge is 0.493 e. The van der Waals surface area contributed by atoms with Gasteiger partial charge in [-0.15, -0.1) is 5.10 Å². The number of aryl methyl sites for hydroxylation is 2. The number of nitrogens with two attached hydrogens (primary N) is 1. The summed E-state index contributed by atoms with van der Waals surface area (Å²) in [5.74, 6) is 1.19. The smallest absolute Gasteiger partial charge is 0.277 e. The Balaban J connectivity index is 2.22. The molecule has 33 heavy (non-hydrogen) atoms. The van der Waals surface area contributed by atoms with E-state index in [4.69, 9.17) is 10.5 Å². The minimum Gasteiger partial charge on any atom is -0.493 e. The van der Waals surface area contributed by atoms with Crippen LogP contribution < -0.4 is 16.0 Å². The highest BCUT2D eigenvalue weighted by Gasteiger charge is 2.26. The van der Waals surface area contributed by atoms with Crippen LogP contribution in [0.2, 0.25) is 0 Å². The highest BCUT2D eigenvalue weighted by Crippen LogP contribution is 2.31. The summed E-state index contributed by atoms with van der Waals surface area (Å²) in [6.45, 7) is 5.63. The van der Waals surface area contributed by atoms with E-state index in [-0.39, 0.29) is 42.5 Å². The lowest BCUT2D eigenvalue weighted by Crippen LogP contribution is -2.37. The average molecular weight is 479 g/mol. The van der Waals surface area contributed by atoms with Crippen molar-refractivity contribution in [3.8, 4) is 17.1 Å². The van der Waals surface area contributed by atoms with Crippen molar-refractivity contribution < 1.29 is 18.3 Å². The third-order valence-electron chi connectivity index (χ3n) is 5.09. The molecule has 3 aromatic rings. The minimum absolute atomic E-state index is 0.0267. The molecule has 3 rings (SSSR count). The summed E-state index contributed by atoms with van der Waals surface area (Å²) in [4.78, 5) is 20.1. The fraction of sp³-hybridized carbons (Fsp3) is 0.476. The van der Waals surface area contributed by atoms with Crippen LogP contribution in [0.4, 0.5) is 0 Å². The number of imidazole rings is 1. The molecule has 4 N–H and O–H groups in total. The van der Waals surface area contributed by atoms with Gasteiger partial charge in [0.25, 0.3) is 5.56 Å². The zero-order chi connectivity index (χ0) is 24.2. The first kappa shape index (κ1) is 24.8. The van der Waals surface area contributed by atoms with Gasteiger partial charge in [0.05, 0.1) is 29.4 Å². The van der Waals surface area contributed by atoms with Crippen LogP contribution in [0, 0.1) is 6.92 Å². The molecule has 2 heterocycles. The zero-order valence-corrected chi connectivity index (χ0v) is 19.9. The molecule has 1 aromatic carbocycles. The van der Waals surface area contributed by atoms with Gasteiger partial charge in [-0.05, 0) is 38.5 Å². The number of rotatable bonds is 11. The van der Waals surface area contributed by atoms with Crippen LogP contribution in [0.1, 0.15) is 31.8 Å². The number of nitrogens with zero attached hydrogens (tertiary/aromatic N) is 4. The standard InChI is InChI=1S/C21H30N6O5S/c1-4-6-18-23-14(3)19-21(29)24-20(25-27(18)19)16-13-15(7-8-17(16)32-5-2)33(30,31)26(10-9-22)11-12-28/h7-8,13,28H,4-6,9-12,22H2,1-3H3,(H,24,25,29). The number of H-pyrrole nitrogens is 1. The van der Waals surface area contributed by atoms with Gasteiger partial charge in [-0.3, -0.25) is 4.79 Å². The number of aromatic nitrogens is 4. The lowest BCUT2D eigenvalue weighted by molar-refractivity contribution is 0.255. The van der Waals surface area contributed by atoms with Gasteiger partial charge in [-0.2, -0.15) is 4.31 Å². The van der Waals surface area contributed by atoms with Crippen molar-refractivity contribution in [3.63, 3.8) is 0 Å². The molecule has 0 aliphatic carbocycles. The van der Waals surface area contributed by atoms with E-state index in [0.717, 1.165) is 10.7 Å². The molecular weight excluding hydrogens is 448 g/mol. The summed E-state index contributed by atoms with van der Waals surface area (Å²) in [7, 11) is -3.95. The number of ether oxygens (including phenoxy) is 1. The van der Waals surface area contributed by atoms with Gasteiger partial charge in [0.1, 0.15) is 11.6 Å². The highest BCUT2D eigenvalue weighted by molar-refractivity contribution is 7.89. The van der Waals surface area contributed by atoms with Gasteiger partial charge < -0.3 is 20.6 Å². The molecule has 2 aromatic heterocycles. The summed E-state index contributed by atoms with van der Waals surface area (Å²) in [5.41, 5.74) is 6.42. The van der Waals surface area contributed by atoms with Crippen molar-refractivity contribution in [1.82, 2.24) is 23.9 Å². The van der Waals surface area contributed by atoms with E-state index < -0.39 is 10.0 Å². The van der Waals surface area contributed by atoms with Crippen LogP contribution in [0.15, 0.2) is 27.9 Å². The van der Waals surface area contributed by atoms with Crippen molar-refractivity contribution in [3.05, 3.63) is 40.1 Å². The van der Waals surface area contributed by atoms with Crippen molar-refractivity contribution in [2.24, 2.45) is 5.73 Å². The first-order valence-electron chi connectivity index (χ1n) is 10.8. The Bertz CT molecular complexity index is 1280. The van der Waals surface area contributed by atoms with E-state index in [9.17, 15) is 18.3 Å². The molecule has 180 valence electrons. The van der Waals surface area contributed by atoms with Crippen LogP contribution in [0.5, 0.6) is 5.75 Å². The summed E-state index contributed by atoms with van der Waals surface area (Å²) in [6.07, 6.45) is 1.45.